The van der Waals surface area contributed by atoms with Crippen LogP contribution in [0, 0.1) is 0 Å². The number of carbonyl (C=O) groups is 1. The van der Waals surface area contributed by atoms with Gasteiger partial charge in [0.1, 0.15) is 6.54 Å². The summed E-state index contributed by atoms with van der Waals surface area (Å²) >= 11 is 0. The zero-order valence-corrected chi connectivity index (χ0v) is 14.8. The molecule has 0 aliphatic rings. The summed E-state index contributed by atoms with van der Waals surface area (Å²) in [6.07, 6.45) is -4.48. The van der Waals surface area contributed by atoms with Gasteiger partial charge in [-0.15, -0.1) is 0 Å². The van der Waals surface area contributed by atoms with Crippen LogP contribution >= 0.6 is 0 Å². The number of aromatic amines is 1. The van der Waals surface area contributed by atoms with E-state index in [0.717, 1.165) is 21.6 Å². The molecule has 0 atom stereocenters. The third-order valence-electron chi connectivity index (χ3n) is 4.28. The van der Waals surface area contributed by atoms with Gasteiger partial charge in [-0.1, -0.05) is 24.3 Å². The lowest BCUT2D eigenvalue weighted by molar-refractivity contribution is -0.137. The number of halogens is 3. The molecule has 146 valence electrons. The second kappa shape index (κ2) is 7.34. The standard InChI is InChI=1S/C19H16F3N3O3/c1-24(10-12-5-4-6-13(9-12)19(20,21)22)16(26)11-25-17(27)14-7-2-3-8-15(14)23-18(25)28/h2-9H,10-11H2,1H3,(H,23,28). The maximum Gasteiger partial charge on any atom is 0.416 e. The van der Waals surface area contributed by atoms with E-state index >= 15 is 0 Å². The topological polar surface area (TPSA) is 75.2 Å². The first kappa shape index (κ1) is 19.4. The van der Waals surface area contributed by atoms with Crippen LogP contribution in [0.3, 0.4) is 0 Å². The fourth-order valence-corrected chi connectivity index (χ4v) is 2.81. The van der Waals surface area contributed by atoms with Gasteiger partial charge in [-0.3, -0.25) is 14.2 Å². The van der Waals surface area contributed by atoms with Gasteiger partial charge in [0, 0.05) is 13.6 Å². The van der Waals surface area contributed by atoms with Crippen LogP contribution in [0.15, 0.2) is 58.1 Å². The number of hydrogen-bond acceptors (Lipinski definition) is 3. The van der Waals surface area contributed by atoms with Crippen LogP contribution in [0.4, 0.5) is 13.2 Å². The highest BCUT2D eigenvalue weighted by Crippen LogP contribution is 2.29. The van der Waals surface area contributed by atoms with Crippen LogP contribution in [0.5, 0.6) is 0 Å². The maximum absolute atomic E-state index is 12.8. The van der Waals surface area contributed by atoms with Crippen LogP contribution in [0.1, 0.15) is 11.1 Å². The quantitative estimate of drug-likeness (QED) is 0.742. The summed E-state index contributed by atoms with van der Waals surface area (Å²) in [7, 11) is 1.39. The van der Waals surface area contributed by atoms with Crippen molar-refractivity contribution in [3.8, 4) is 0 Å². The molecule has 0 spiro atoms. The predicted octanol–water partition coefficient (Wildman–Crippen LogP) is 2.37. The van der Waals surface area contributed by atoms with E-state index in [1.165, 1.54) is 25.2 Å². The minimum absolute atomic E-state index is 0.0943. The fraction of sp³-hybridized carbons (Fsp3) is 0.211. The second-order valence-corrected chi connectivity index (χ2v) is 6.31. The Morgan fingerprint density at radius 2 is 1.82 bits per heavy atom. The van der Waals surface area contributed by atoms with Crippen molar-refractivity contribution in [1.82, 2.24) is 14.5 Å². The zero-order valence-electron chi connectivity index (χ0n) is 14.8. The van der Waals surface area contributed by atoms with Gasteiger partial charge in [0.15, 0.2) is 0 Å². The number of carbonyl (C=O) groups excluding carboxylic acids is 1. The molecule has 6 nitrogen and oxygen atoms in total. The van der Waals surface area contributed by atoms with Gasteiger partial charge < -0.3 is 9.88 Å². The van der Waals surface area contributed by atoms with Gasteiger partial charge in [0.05, 0.1) is 16.5 Å². The number of H-pyrrole nitrogens is 1. The van der Waals surface area contributed by atoms with E-state index in [1.807, 2.05) is 0 Å². The minimum atomic E-state index is -4.48. The molecular formula is C19H16F3N3O3. The van der Waals surface area contributed by atoms with E-state index < -0.39 is 35.4 Å². The Balaban J connectivity index is 1.81. The van der Waals surface area contributed by atoms with Crippen molar-refractivity contribution in [2.24, 2.45) is 0 Å². The molecule has 0 unspecified atom stereocenters. The SMILES string of the molecule is CN(Cc1cccc(C(F)(F)F)c1)C(=O)Cn1c(=O)[nH]c2ccccc2c1=O. The molecule has 2 aromatic carbocycles. The molecular weight excluding hydrogens is 375 g/mol. The molecule has 0 saturated carbocycles. The first-order chi connectivity index (χ1) is 13.2. The Morgan fingerprint density at radius 1 is 1.11 bits per heavy atom. The minimum Gasteiger partial charge on any atom is -0.340 e. The van der Waals surface area contributed by atoms with E-state index in [-0.39, 0.29) is 17.5 Å². The van der Waals surface area contributed by atoms with E-state index in [0.29, 0.717) is 5.52 Å². The molecule has 3 rings (SSSR count). The van der Waals surface area contributed by atoms with Gasteiger partial charge >= 0.3 is 11.9 Å². The second-order valence-electron chi connectivity index (χ2n) is 6.31. The summed E-state index contributed by atoms with van der Waals surface area (Å²) < 4.78 is 39.2. The van der Waals surface area contributed by atoms with Crippen LogP contribution in [0.25, 0.3) is 10.9 Å². The van der Waals surface area contributed by atoms with Gasteiger partial charge in [-0.2, -0.15) is 13.2 Å². The Morgan fingerprint density at radius 3 is 2.54 bits per heavy atom. The molecule has 0 aliphatic heterocycles. The number of fused-ring (bicyclic) bond motifs is 1. The summed E-state index contributed by atoms with van der Waals surface area (Å²) in [5.74, 6) is -0.583. The van der Waals surface area contributed by atoms with E-state index in [9.17, 15) is 27.6 Å². The van der Waals surface area contributed by atoms with Gasteiger partial charge in [-0.05, 0) is 29.8 Å². The highest BCUT2D eigenvalue weighted by Gasteiger charge is 2.30. The van der Waals surface area contributed by atoms with Crippen molar-refractivity contribution in [2.75, 3.05) is 7.05 Å². The molecule has 1 N–H and O–H groups in total. The number of rotatable bonds is 4. The molecule has 1 aromatic heterocycles. The molecule has 0 fully saturated rings. The van der Waals surface area contributed by atoms with Gasteiger partial charge in [-0.25, -0.2) is 4.79 Å². The van der Waals surface area contributed by atoms with Crippen LogP contribution in [0.2, 0.25) is 0 Å². The van der Waals surface area contributed by atoms with Crippen LogP contribution < -0.4 is 11.2 Å². The molecule has 0 bridgehead atoms. The van der Waals surface area contributed by atoms with Gasteiger partial charge in [0.25, 0.3) is 5.56 Å². The summed E-state index contributed by atoms with van der Waals surface area (Å²) in [6, 6.07) is 11.0. The number of hydrogen-bond donors (Lipinski definition) is 1. The number of nitrogens with zero attached hydrogens (tertiary/aromatic N) is 2. The molecule has 1 heterocycles. The van der Waals surface area contributed by atoms with Crippen molar-refractivity contribution >= 4 is 16.8 Å². The Labute approximate surface area is 156 Å². The van der Waals surface area contributed by atoms with E-state index in [1.54, 1.807) is 18.2 Å². The number of likely N-dealkylation sites (N-methyl/N-ethyl adjacent to an activating group) is 1. The Hall–Kier alpha value is -3.36. The number of benzene rings is 2. The first-order valence-electron chi connectivity index (χ1n) is 8.29. The van der Waals surface area contributed by atoms with Crippen molar-refractivity contribution < 1.29 is 18.0 Å². The fourth-order valence-electron chi connectivity index (χ4n) is 2.81. The highest BCUT2D eigenvalue weighted by molar-refractivity contribution is 5.78. The Bertz CT molecular complexity index is 1150. The third kappa shape index (κ3) is 3.98. The lowest BCUT2D eigenvalue weighted by Crippen LogP contribution is -2.41. The summed E-state index contributed by atoms with van der Waals surface area (Å²) in [4.78, 5) is 40.7. The summed E-state index contributed by atoms with van der Waals surface area (Å²) in [5, 5.41) is 0.260. The lowest BCUT2D eigenvalue weighted by atomic mass is 10.1. The zero-order chi connectivity index (χ0) is 20.5. The Kier molecular flexibility index (Phi) is 5.08. The number of para-hydroxylation sites is 1. The first-order valence-corrected chi connectivity index (χ1v) is 8.29. The molecule has 9 heteroatoms. The molecule has 1 amide bonds. The summed E-state index contributed by atoms with van der Waals surface area (Å²) in [5.41, 5.74) is -1.51. The average molecular weight is 391 g/mol. The smallest absolute Gasteiger partial charge is 0.340 e. The molecule has 0 radical (unpaired) electrons. The third-order valence-corrected chi connectivity index (χ3v) is 4.28. The number of alkyl halides is 3. The van der Waals surface area contributed by atoms with Crippen molar-refractivity contribution in [3.05, 3.63) is 80.5 Å². The molecule has 28 heavy (non-hydrogen) atoms. The number of nitrogens with one attached hydrogen (secondary N) is 1. The van der Waals surface area contributed by atoms with E-state index in [2.05, 4.69) is 4.98 Å². The van der Waals surface area contributed by atoms with Gasteiger partial charge in [0.2, 0.25) is 5.91 Å². The molecule has 3 aromatic rings. The predicted molar refractivity (Wildman–Crippen MR) is 96.7 cm³/mol. The van der Waals surface area contributed by atoms with Crippen molar-refractivity contribution in [2.45, 2.75) is 19.3 Å². The van der Waals surface area contributed by atoms with E-state index in [4.69, 9.17) is 0 Å². The normalized spacial score (nSPS) is 11.6. The monoisotopic (exact) mass is 391 g/mol. The number of amides is 1. The van der Waals surface area contributed by atoms with Crippen LogP contribution in [-0.2, 0) is 24.1 Å². The lowest BCUT2D eigenvalue weighted by Gasteiger charge is -2.18. The molecule has 0 aliphatic carbocycles. The average Bonchev–Trinajstić information content (AvgIpc) is 2.64. The largest absolute Gasteiger partial charge is 0.416 e. The highest BCUT2D eigenvalue weighted by atomic mass is 19.4. The number of aromatic nitrogens is 2. The van der Waals surface area contributed by atoms with Crippen molar-refractivity contribution in [3.63, 3.8) is 0 Å². The maximum atomic E-state index is 12.8. The molecule has 0 saturated heterocycles. The van der Waals surface area contributed by atoms with Crippen LogP contribution in [-0.4, -0.2) is 27.4 Å². The summed E-state index contributed by atoms with van der Waals surface area (Å²) in [6.45, 7) is -0.614. The van der Waals surface area contributed by atoms with Crippen molar-refractivity contribution in [1.29, 1.82) is 0 Å².